The van der Waals surface area contributed by atoms with Crippen LogP contribution in [0.2, 0.25) is 0 Å². The van der Waals surface area contributed by atoms with Crippen LogP contribution in [0, 0.1) is 5.92 Å². The van der Waals surface area contributed by atoms with Crippen molar-refractivity contribution in [1.29, 1.82) is 0 Å². The molecule has 2 aromatic carbocycles. The molecule has 152 valence electrons. The average Bonchev–Trinajstić information content (AvgIpc) is 2.78. The van der Waals surface area contributed by atoms with Gasteiger partial charge in [0.25, 0.3) is 5.91 Å². The van der Waals surface area contributed by atoms with E-state index < -0.39 is 0 Å². The van der Waals surface area contributed by atoms with Crippen LogP contribution >= 0.6 is 0 Å². The summed E-state index contributed by atoms with van der Waals surface area (Å²) in [6, 6.07) is 16.0. The first kappa shape index (κ1) is 20.4. The predicted octanol–water partition coefficient (Wildman–Crippen LogP) is 2.30. The summed E-state index contributed by atoms with van der Waals surface area (Å²) in [5.74, 6) is 0.0695. The average molecular weight is 395 g/mol. The van der Waals surface area contributed by atoms with Crippen molar-refractivity contribution in [3.05, 3.63) is 60.2 Å². The van der Waals surface area contributed by atoms with Gasteiger partial charge in [-0.15, -0.1) is 0 Å². The summed E-state index contributed by atoms with van der Waals surface area (Å²) in [5, 5.41) is 5.56. The maximum absolute atomic E-state index is 12.5. The first-order chi connectivity index (χ1) is 14.1. The van der Waals surface area contributed by atoms with Gasteiger partial charge < -0.3 is 20.3 Å². The molecule has 3 amide bonds. The highest BCUT2D eigenvalue weighted by Crippen LogP contribution is 2.21. The van der Waals surface area contributed by atoms with Gasteiger partial charge in [0.1, 0.15) is 5.75 Å². The van der Waals surface area contributed by atoms with Crippen LogP contribution in [0.3, 0.4) is 0 Å². The summed E-state index contributed by atoms with van der Waals surface area (Å²) in [6.45, 7) is 0.945. The molecule has 0 atom stereocenters. The van der Waals surface area contributed by atoms with E-state index in [-0.39, 0.29) is 30.2 Å². The van der Waals surface area contributed by atoms with E-state index in [1.54, 1.807) is 42.3 Å². The summed E-state index contributed by atoms with van der Waals surface area (Å²) in [4.78, 5) is 38.6. The number of anilines is 1. The summed E-state index contributed by atoms with van der Waals surface area (Å²) in [7, 11) is 1.58. The van der Waals surface area contributed by atoms with Gasteiger partial charge >= 0.3 is 0 Å². The second-order valence-electron chi connectivity index (χ2n) is 6.92. The lowest BCUT2D eigenvalue weighted by atomic mass is 9.95. The quantitative estimate of drug-likeness (QED) is 0.786. The molecular formula is C22H25N3O4. The highest BCUT2D eigenvalue weighted by atomic mass is 16.5. The zero-order chi connectivity index (χ0) is 20.6. The Kier molecular flexibility index (Phi) is 6.84. The fourth-order valence-corrected chi connectivity index (χ4v) is 3.30. The van der Waals surface area contributed by atoms with Crippen molar-refractivity contribution in [2.45, 2.75) is 12.8 Å². The van der Waals surface area contributed by atoms with Crippen molar-refractivity contribution < 1.29 is 19.1 Å². The van der Waals surface area contributed by atoms with Crippen LogP contribution in [0.5, 0.6) is 5.75 Å². The number of piperidine rings is 1. The number of carbonyl (C=O) groups excluding carboxylic acids is 3. The highest BCUT2D eigenvalue weighted by Gasteiger charge is 2.27. The van der Waals surface area contributed by atoms with Crippen LogP contribution in [0.1, 0.15) is 23.2 Å². The summed E-state index contributed by atoms with van der Waals surface area (Å²) >= 11 is 0. The first-order valence-electron chi connectivity index (χ1n) is 9.63. The molecule has 0 radical (unpaired) electrons. The minimum Gasteiger partial charge on any atom is -0.497 e. The highest BCUT2D eigenvalue weighted by molar-refractivity contribution is 5.96. The zero-order valence-electron chi connectivity index (χ0n) is 16.4. The monoisotopic (exact) mass is 395 g/mol. The van der Waals surface area contributed by atoms with E-state index in [0.717, 1.165) is 0 Å². The molecule has 1 heterocycles. The molecule has 1 fully saturated rings. The Bertz CT molecular complexity index is 861. The van der Waals surface area contributed by atoms with Gasteiger partial charge in [-0.05, 0) is 37.1 Å². The van der Waals surface area contributed by atoms with Crippen molar-refractivity contribution in [2.24, 2.45) is 5.92 Å². The second kappa shape index (κ2) is 9.73. The Morgan fingerprint density at radius 3 is 2.45 bits per heavy atom. The molecule has 2 aromatic rings. The van der Waals surface area contributed by atoms with E-state index in [4.69, 9.17) is 4.74 Å². The van der Waals surface area contributed by atoms with Gasteiger partial charge in [-0.2, -0.15) is 0 Å². The normalized spacial score (nSPS) is 14.2. The van der Waals surface area contributed by atoms with Gasteiger partial charge in [0.2, 0.25) is 11.8 Å². The maximum atomic E-state index is 12.5. The molecule has 1 saturated heterocycles. The Hall–Kier alpha value is -3.35. The van der Waals surface area contributed by atoms with Crippen molar-refractivity contribution in [3.63, 3.8) is 0 Å². The molecular weight excluding hydrogens is 370 g/mol. The molecule has 29 heavy (non-hydrogen) atoms. The van der Waals surface area contributed by atoms with Crippen molar-refractivity contribution in [2.75, 3.05) is 32.1 Å². The lowest BCUT2D eigenvalue weighted by molar-refractivity contribution is -0.133. The molecule has 1 aliphatic rings. The van der Waals surface area contributed by atoms with Crippen LogP contribution in [-0.2, 0) is 9.59 Å². The number of likely N-dealkylation sites (tertiary alicyclic amines) is 1. The Balaban J connectivity index is 1.44. The van der Waals surface area contributed by atoms with E-state index in [0.29, 0.717) is 42.9 Å². The van der Waals surface area contributed by atoms with E-state index in [1.165, 1.54) is 0 Å². The van der Waals surface area contributed by atoms with Crippen molar-refractivity contribution >= 4 is 23.4 Å². The lowest BCUT2D eigenvalue weighted by Crippen LogP contribution is -2.45. The minimum absolute atomic E-state index is 0.0472. The van der Waals surface area contributed by atoms with E-state index in [2.05, 4.69) is 10.6 Å². The molecule has 0 bridgehead atoms. The van der Waals surface area contributed by atoms with Gasteiger partial charge in [-0.1, -0.05) is 24.3 Å². The molecule has 7 nitrogen and oxygen atoms in total. The lowest BCUT2D eigenvalue weighted by Gasteiger charge is -2.31. The number of carbonyl (C=O) groups is 3. The third kappa shape index (κ3) is 5.57. The van der Waals surface area contributed by atoms with Gasteiger partial charge in [0.05, 0.1) is 13.7 Å². The number of ether oxygens (including phenoxy) is 1. The molecule has 2 N–H and O–H groups in total. The van der Waals surface area contributed by atoms with E-state index in [9.17, 15) is 14.4 Å². The Morgan fingerprint density at radius 1 is 1.03 bits per heavy atom. The van der Waals surface area contributed by atoms with Crippen LogP contribution in [0.25, 0.3) is 0 Å². The van der Waals surface area contributed by atoms with Crippen LogP contribution in [0.15, 0.2) is 54.6 Å². The largest absolute Gasteiger partial charge is 0.497 e. The zero-order valence-corrected chi connectivity index (χ0v) is 16.4. The molecule has 0 unspecified atom stereocenters. The number of rotatable bonds is 6. The topological polar surface area (TPSA) is 87.7 Å². The summed E-state index contributed by atoms with van der Waals surface area (Å²) < 4.78 is 5.16. The van der Waals surface area contributed by atoms with Crippen molar-refractivity contribution in [1.82, 2.24) is 10.2 Å². The number of amides is 3. The molecule has 0 saturated carbocycles. The fourth-order valence-electron chi connectivity index (χ4n) is 3.30. The van der Waals surface area contributed by atoms with Gasteiger partial charge in [-0.3, -0.25) is 14.4 Å². The third-order valence-electron chi connectivity index (χ3n) is 4.99. The SMILES string of the molecule is COc1cccc(NC(=O)C2CCN(C(=O)CNC(=O)c3ccccc3)CC2)c1. The summed E-state index contributed by atoms with van der Waals surface area (Å²) in [5.41, 5.74) is 1.21. The fraction of sp³-hybridized carbons (Fsp3) is 0.318. The van der Waals surface area contributed by atoms with E-state index >= 15 is 0 Å². The first-order valence-corrected chi connectivity index (χ1v) is 9.63. The smallest absolute Gasteiger partial charge is 0.251 e. The van der Waals surface area contributed by atoms with Crippen LogP contribution < -0.4 is 15.4 Å². The minimum atomic E-state index is -0.272. The molecule has 0 aromatic heterocycles. The van der Waals surface area contributed by atoms with Crippen LogP contribution in [-0.4, -0.2) is 49.4 Å². The van der Waals surface area contributed by atoms with Crippen LogP contribution in [0.4, 0.5) is 5.69 Å². The molecule has 7 heteroatoms. The Morgan fingerprint density at radius 2 is 1.76 bits per heavy atom. The number of hydrogen-bond acceptors (Lipinski definition) is 4. The number of methoxy groups -OCH3 is 1. The molecule has 1 aliphatic heterocycles. The number of benzene rings is 2. The number of nitrogens with one attached hydrogen (secondary N) is 2. The molecule has 3 rings (SSSR count). The van der Waals surface area contributed by atoms with Gasteiger partial charge in [0.15, 0.2) is 0 Å². The third-order valence-corrected chi connectivity index (χ3v) is 4.99. The standard InChI is InChI=1S/C22H25N3O4/c1-29-19-9-5-8-18(14-19)24-22(28)17-10-12-25(13-11-17)20(26)15-23-21(27)16-6-3-2-4-7-16/h2-9,14,17H,10-13,15H2,1H3,(H,23,27)(H,24,28). The summed E-state index contributed by atoms with van der Waals surface area (Å²) in [6.07, 6.45) is 1.18. The number of hydrogen-bond donors (Lipinski definition) is 2. The van der Waals surface area contributed by atoms with E-state index in [1.807, 2.05) is 24.3 Å². The second-order valence-corrected chi connectivity index (χ2v) is 6.92. The van der Waals surface area contributed by atoms with Gasteiger partial charge in [-0.25, -0.2) is 0 Å². The van der Waals surface area contributed by atoms with Crippen molar-refractivity contribution in [3.8, 4) is 5.75 Å². The Labute approximate surface area is 170 Å². The number of nitrogens with zero attached hydrogens (tertiary/aromatic N) is 1. The maximum Gasteiger partial charge on any atom is 0.251 e. The van der Waals surface area contributed by atoms with Gasteiger partial charge in [0, 0.05) is 36.3 Å². The predicted molar refractivity (Wildman–Crippen MR) is 110 cm³/mol. The molecule has 0 spiro atoms. The molecule has 0 aliphatic carbocycles.